The SMILES string of the molecule is CSc1ccc(F)cc1CC(C)(C)C(=O)O. The summed E-state index contributed by atoms with van der Waals surface area (Å²) in [5, 5.41) is 9.03. The molecular weight excluding hydrogens is 227 g/mol. The smallest absolute Gasteiger partial charge is 0.309 e. The molecule has 0 amide bonds. The van der Waals surface area contributed by atoms with Gasteiger partial charge in [0.25, 0.3) is 0 Å². The molecule has 0 saturated carbocycles. The maximum Gasteiger partial charge on any atom is 0.309 e. The zero-order valence-corrected chi connectivity index (χ0v) is 10.4. The highest BCUT2D eigenvalue weighted by Gasteiger charge is 2.28. The molecule has 0 spiro atoms. The van der Waals surface area contributed by atoms with Crippen LogP contribution in [0.2, 0.25) is 0 Å². The highest BCUT2D eigenvalue weighted by molar-refractivity contribution is 7.98. The lowest BCUT2D eigenvalue weighted by Gasteiger charge is -2.20. The van der Waals surface area contributed by atoms with E-state index < -0.39 is 11.4 Å². The molecule has 1 N–H and O–H groups in total. The predicted molar refractivity (Wildman–Crippen MR) is 63.3 cm³/mol. The number of benzene rings is 1. The zero-order chi connectivity index (χ0) is 12.3. The minimum absolute atomic E-state index is 0.325. The van der Waals surface area contributed by atoms with E-state index in [-0.39, 0.29) is 5.82 Å². The summed E-state index contributed by atoms with van der Waals surface area (Å²) < 4.78 is 13.1. The lowest BCUT2D eigenvalue weighted by molar-refractivity contribution is -0.146. The summed E-state index contributed by atoms with van der Waals surface area (Å²) in [6, 6.07) is 4.49. The van der Waals surface area contributed by atoms with Gasteiger partial charge in [-0.25, -0.2) is 4.39 Å². The lowest BCUT2D eigenvalue weighted by atomic mass is 9.86. The second-order valence-electron chi connectivity index (χ2n) is 4.32. The summed E-state index contributed by atoms with van der Waals surface area (Å²) in [7, 11) is 0. The van der Waals surface area contributed by atoms with E-state index in [0.29, 0.717) is 6.42 Å². The van der Waals surface area contributed by atoms with Crippen LogP contribution >= 0.6 is 11.8 Å². The number of hydrogen-bond acceptors (Lipinski definition) is 2. The molecule has 0 radical (unpaired) electrons. The molecule has 0 fully saturated rings. The number of halogens is 1. The number of carboxylic acid groups (broad SMARTS) is 1. The number of carboxylic acids is 1. The Balaban J connectivity index is 3.04. The molecule has 0 heterocycles. The summed E-state index contributed by atoms with van der Waals surface area (Å²) in [6.07, 6.45) is 2.22. The van der Waals surface area contributed by atoms with Crippen LogP contribution in [-0.4, -0.2) is 17.3 Å². The fraction of sp³-hybridized carbons (Fsp3) is 0.417. The number of hydrogen-bond donors (Lipinski definition) is 1. The second-order valence-corrected chi connectivity index (χ2v) is 5.17. The Kier molecular flexibility index (Phi) is 3.97. The van der Waals surface area contributed by atoms with Gasteiger partial charge in [0.15, 0.2) is 0 Å². The van der Waals surface area contributed by atoms with Crippen molar-refractivity contribution in [3.05, 3.63) is 29.6 Å². The minimum Gasteiger partial charge on any atom is -0.481 e. The normalized spacial score (nSPS) is 11.5. The van der Waals surface area contributed by atoms with Crippen molar-refractivity contribution in [1.29, 1.82) is 0 Å². The molecule has 0 atom stereocenters. The first kappa shape index (κ1) is 13.0. The van der Waals surface area contributed by atoms with Crippen LogP contribution in [0.3, 0.4) is 0 Å². The third kappa shape index (κ3) is 2.98. The Morgan fingerprint density at radius 3 is 2.62 bits per heavy atom. The van der Waals surface area contributed by atoms with Crippen molar-refractivity contribution in [1.82, 2.24) is 0 Å². The topological polar surface area (TPSA) is 37.3 Å². The molecule has 1 aromatic rings. The summed E-state index contributed by atoms with van der Waals surface area (Å²) in [5.74, 6) is -1.20. The predicted octanol–water partition coefficient (Wildman–Crippen LogP) is 3.20. The van der Waals surface area contributed by atoms with E-state index in [0.717, 1.165) is 10.5 Å². The van der Waals surface area contributed by atoms with Gasteiger partial charge in [-0.3, -0.25) is 4.79 Å². The molecule has 4 heteroatoms. The van der Waals surface area contributed by atoms with Gasteiger partial charge in [-0.2, -0.15) is 0 Å². The fourth-order valence-corrected chi connectivity index (χ4v) is 2.03. The van der Waals surface area contributed by atoms with Crippen LogP contribution in [0, 0.1) is 11.2 Å². The van der Waals surface area contributed by atoms with Crippen LogP contribution in [0.5, 0.6) is 0 Å². The maximum absolute atomic E-state index is 13.1. The molecule has 0 aliphatic carbocycles. The summed E-state index contributed by atoms with van der Waals surface area (Å²) in [6.45, 7) is 3.29. The van der Waals surface area contributed by atoms with Gasteiger partial charge < -0.3 is 5.11 Å². The first-order valence-corrected chi connectivity index (χ1v) is 6.15. The Hall–Kier alpha value is -1.03. The Morgan fingerprint density at radius 2 is 2.12 bits per heavy atom. The zero-order valence-electron chi connectivity index (χ0n) is 9.58. The monoisotopic (exact) mass is 242 g/mol. The van der Waals surface area contributed by atoms with E-state index in [2.05, 4.69) is 0 Å². The van der Waals surface area contributed by atoms with E-state index in [1.54, 1.807) is 19.9 Å². The highest BCUT2D eigenvalue weighted by Crippen LogP contribution is 2.29. The van der Waals surface area contributed by atoms with Gasteiger partial charge in [0, 0.05) is 4.90 Å². The maximum atomic E-state index is 13.1. The van der Waals surface area contributed by atoms with Gasteiger partial charge in [-0.15, -0.1) is 11.8 Å². The molecule has 1 aromatic carbocycles. The van der Waals surface area contributed by atoms with Crippen LogP contribution in [-0.2, 0) is 11.2 Å². The minimum atomic E-state index is -0.877. The highest BCUT2D eigenvalue weighted by atomic mass is 32.2. The van der Waals surface area contributed by atoms with Crippen molar-refractivity contribution in [3.8, 4) is 0 Å². The van der Waals surface area contributed by atoms with Gasteiger partial charge in [0.05, 0.1) is 5.41 Å². The van der Waals surface area contributed by atoms with E-state index >= 15 is 0 Å². The van der Waals surface area contributed by atoms with Gasteiger partial charge in [-0.05, 0) is 50.3 Å². The van der Waals surface area contributed by atoms with Crippen molar-refractivity contribution >= 4 is 17.7 Å². The van der Waals surface area contributed by atoms with Crippen molar-refractivity contribution in [2.75, 3.05) is 6.26 Å². The average Bonchev–Trinajstić information content (AvgIpc) is 2.17. The molecule has 2 nitrogen and oxygen atoms in total. The molecular formula is C12H15FO2S. The quantitative estimate of drug-likeness (QED) is 0.824. The van der Waals surface area contributed by atoms with Crippen LogP contribution in [0.4, 0.5) is 4.39 Å². The Bertz CT molecular complexity index is 402. The van der Waals surface area contributed by atoms with Crippen molar-refractivity contribution in [2.24, 2.45) is 5.41 Å². The Morgan fingerprint density at radius 1 is 1.50 bits per heavy atom. The van der Waals surface area contributed by atoms with Gasteiger partial charge in [0.1, 0.15) is 5.82 Å². The number of aliphatic carboxylic acids is 1. The molecule has 88 valence electrons. The van der Waals surface area contributed by atoms with E-state index in [1.165, 1.54) is 23.9 Å². The second kappa shape index (κ2) is 4.87. The van der Waals surface area contributed by atoms with E-state index in [1.807, 2.05) is 6.26 Å². The standard InChI is InChI=1S/C12H15FO2S/c1-12(2,11(14)15)7-8-6-9(13)4-5-10(8)16-3/h4-6H,7H2,1-3H3,(H,14,15). The van der Waals surface area contributed by atoms with Gasteiger partial charge >= 0.3 is 5.97 Å². The van der Waals surface area contributed by atoms with Crippen LogP contribution in [0.25, 0.3) is 0 Å². The molecule has 0 bridgehead atoms. The number of thioether (sulfide) groups is 1. The van der Waals surface area contributed by atoms with Crippen molar-refractivity contribution < 1.29 is 14.3 Å². The number of rotatable bonds is 4. The van der Waals surface area contributed by atoms with Crippen molar-refractivity contribution in [3.63, 3.8) is 0 Å². The van der Waals surface area contributed by atoms with Crippen LogP contribution in [0.1, 0.15) is 19.4 Å². The van der Waals surface area contributed by atoms with E-state index in [4.69, 9.17) is 5.11 Å². The lowest BCUT2D eigenvalue weighted by Crippen LogP contribution is -2.26. The summed E-state index contributed by atoms with van der Waals surface area (Å²) in [5.41, 5.74) is -0.127. The molecule has 0 saturated heterocycles. The molecule has 0 unspecified atom stereocenters. The largest absolute Gasteiger partial charge is 0.481 e. The van der Waals surface area contributed by atoms with Gasteiger partial charge in [0.2, 0.25) is 0 Å². The first-order chi connectivity index (χ1) is 7.36. The molecule has 0 aromatic heterocycles. The molecule has 0 aliphatic heterocycles. The van der Waals surface area contributed by atoms with Crippen molar-refractivity contribution in [2.45, 2.75) is 25.2 Å². The molecule has 0 aliphatic rings. The number of carbonyl (C=O) groups is 1. The summed E-state index contributed by atoms with van der Waals surface area (Å²) in [4.78, 5) is 11.9. The Labute approximate surface area is 98.9 Å². The summed E-state index contributed by atoms with van der Waals surface area (Å²) >= 11 is 1.50. The third-order valence-corrected chi connectivity index (χ3v) is 3.29. The first-order valence-electron chi connectivity index (χ1n) is 4.92. The van der Waals surface area contributed by atoms with Crippen LogP contribution in [0.15, 0.2) is 23.1 Å². The molecule has 16 heavy (non-hydrogen) atoms. The van der Waals surface area contributed by atoms with Crippen LogP contribution < -0.4 is 0 Å². The molecule has 1 rings (SSSR count). The van der Waals surface area contributed by atoms with Gasteiger partial charge in [-0.1, -0.05) is 0 Å². The van der Waals surface area contributed by atoms with E-state index in [9.17, 15) is 9.18 Å². The third-order valence-electron chi connectivity index (χ3n) is 2.45. The fourth-order valence-electron chi connectivity index (χ4n) is 1.44. The average molecular weight is 242 g/mol.